The Balaban J connectivity index is 3.99. The third kappa shape index (κ3) is 8.10. The largest absolute Gasteiger partial charge is 0.291 e. The number of nitrogens with zero attached hydrogens (tertiary/aromatic N) is 1. The molecule has 0 saturated heterocycles. The van der Waals surface area contributed by atoms with Crippen molar-refractivity contribution in [3.05, 3.63) is 24.8 Å². The van der Waals surface area contributed by atoms with Gasteiger partial charge in [-0.05, 0) is 33.1 Å². The van der Waals surface area contributed by atoms with Crippen LogP contribution in [-0.4, -0.2) is 17.9 Å². The molecule has 0 aromatic heterocycles. The van der Waals surface area contributed by atoms with E-state index in [1.165, 1.54) is 0 Å². The molecule has 0 saturated carbocycles. The molecule has 2 atom stereocenters. The zero-order valence-electron chi connectivity index (χ0n) is 10.0. The fourth-order valence-electron chi connectivity index (χ4n) is 1.30. The van der Waals surface area contributed by atoms with Gasteiger partial charge in [0.15, 0.2) is 0 Å². The fourth-order valence-corrected chi connectivity index (χ4v) is 1.30. The minimum Gasteiger partial charge on any atom is -0.291 e. The number of hydrogen-bond donors (Lipinski definition) is 0. The van der Waals surface area contributed by atoms with Crippen LogP contribution in [0, 0.1) is 0 Å². The molecule has 0 spiro atoms. The monoisotopic (exact) mass is 211 g/mol. The zero-order chi connectivity index (χ0) is 11.7. The van der Waals surface area contributed by atoms with Gasteiger partial charge in [0.25, 0.3) is 0 Å². The highest BCUT2D eigenvalue weighted by atomic mass is 19.1. The van der Waals surface area contributed by atoms with E-state index in [4.69, 9.17) is 0 Å². The number of aliphatic imine (C=N–C) groups is 1. The van der Waals surface area contributed by atoms with Crippen molar-refractivity contribution in [2.45, 2.75) is 52.2 Å². The van der Waals surface area contributed by atoms with Gasteiger partial charge in [-0.1, -0.05) is 25.2 Å². The number of hydrogen-bond acceptors (Lipinski definition) is 1. The first-order valence-corrected chi connectivity index (χ1v) is 5.52. The second kappa shape index (κ2) is 8.39. The van der Waals surface area contributed by atoms with Crippen molar-refractivity contribution in [1.29, 1.82) is 0 Å². The summed E-state index contributed by atoms with van der Waals surface area (Å²) >= 11 is 0. The van der Waals surface area contributed by atoms with Crippen molar-refractivity contribution in [3.8, 4) is 0 Å². The average Bonchev–Trinajstić information content (AvgIpc) is 2.16. The summed E-state index contributed by atoms with van der Waals surface area (Å²) in [6, 6.07) is 0.294. The Morgan fingerprint density at radius 2 is 2.07 bits per heavy atom. The summed E-state index contributed by atoms with van der Waals surface area (Å²) in [6.07, 6.45) is 6.39. The van der Waals surface area contributed by atoms with Gasteiger partial charge in [0, 0.05) is 5.71 Å². The molecule has 0 aliphatic rings. The SMILES string of the molecule is C=CC[C@H](F)/C=C\CC(CC)N=C(C)C. The summed E-state index contributed by atoms with van der Waals surface area (Å²) in [5.41, 5.74) is 1.08. The van der Waals surface area contributed by atoms with Crippen molar-refractivity contribution < 1.29 is 4.39 Å². The van der Waals surface area contributed by atoms with Crippen LogP contribution in [0.15, 0.2) is 29.8 Å². The maximum Gasteiger partial charge on any atom is 0.122 e. The zero-order valence-corrected chi connectivity index (χ0v) is 10.0. The first-order chi connectivity index (χ1) is 7.10. The molecule has 15 heavy (non-hydrogen) atoms. The van der Waals surface area contributed by atoms with E-state index in [9.17, 15) is 4.39 Å². The molecule has 0 radical (unpaired) electrons. The first kappa shape index (κ1) is 14.1. The van der Waals surface area contributed by atoms with Crippen LogP contribution in [0.5, 0.6) is 0 Å². The molecular formula is C13H22FN. The van der Waals surface area contributed by atoms with E-state index in [-0.39, 0.29) is 0 Å². The number of alkyl halides is 1. The second-order valence-corrected chi connectivity index (χ2v) is 3.84. The van der Waals surface area contributed by atoms with E-state index < -0.39 is 6.17 Å². The molecule has 1 unspecified atom stereocenters. The van der Waals surface area contributed by atoms with Gasteiger partial charge in [0.05, 0.1) is 6.04 Å². The molecule has 0 amide bonds. The highest BCUT2D eigenvalue weighted by Crippen LogP contribution is 2.07. The quantitative estimate of drug-likeness (QED) is 0.444. The standard InChI is InChI=1S/C13H22FN/c1-5-8-12(14)9-7-10-13(6-2)15-11(3)4/h5,7,9,12-13H,1,6,8,10H2,2-4H3/b9-7-/t12-,13?/m0/s1. The normalized spacial score (nSPS) is 14.9. The number of allylic oxidation sites excluding steroid dienone is 2. The van der Waals surface area contributed by atoms with Crippen molar-refractivity contribution in [3.63, 3.8) is 0 Å². The Morgan fingerprint density at radius 1 is 1.40 bits per heavy atom. The fraction of sp³-hybridized carbons (Fsp3) is 0.615. The first-order valence-electron chi connectivity index (χ1n) is 5.52. The van der Waals surface area contributed by atoms with Crippen molar-refractivity contribution in [1.82, 2.24) is 0 Å². The molecule has 0 aromatic carbocycles. The Morgan fingerprint density at radius 3 is 2.53 bits per heavy atom. The van der Waals surface area contributed by atoms with E-state index in [2.05, 4.69) is 18.5 Å². The number of rotatable bonds is 7. The lowest BCUT2D eigenvalue weighted by molar-refractivity contribution is 0.403. The lowest BCUT2D eigenvalue weighted by Gasteiger charge is -2.07. The van der Waals surface area contributed by atoms with Gasteiger partial charge < -0.3 is 0 Å². The Bertz CT molecular complexity index is 227. The molecule has 0 aliphatic heterocycles. The highest BCUT2D eigenvalue weighted by molar-refractivity contribution is 5.79. The summed E-state index contributed by atoms with van der Waals surface area (Å²) in [6.45, 7) is 9.58. The molecule has 0 aromatic rings. The van der Waals surface area contributed by atoms with Crippen LogP contribution in [0.4, 0.5) is 4.39 Å². The minimum atomic E-state index is -0.897. The van der Waals surface area contributed by atoms with E-state index >= 15 is 0 Å². The Labute approximate surface area is 92.8 Å². The predicted octanol–water partition coefficient (Wildman–Crippen LogP) is 4.11. The lowest BCUT2D eigenvalue weighted by atomic mass is 10.1. The van der Waals surface area contributed by atoms with Crippen LogP contribution >= 0.6 is 0 Å². The van der Waals surface area contributed by atoms with Gasteiger partial charge in [-0.25, -0.2) is 4.39 Å². The summed E-state index contributed by atoms with van der Waals surface area (Å²) in [5, 5.41) is 0. The minimum absolute atomic E-state index is 0.294. The molecule has 0 N–H and O–H groups in total. The van der Waals surface area contributed by atoms with Gasteiger partial charge in [-0.2, -0.15) is 0 Å². The summed E-state index contributed by atoms with van der Waals surface area (Å²) < 4.78 is 13.0. The topological polar surface area (TPSA) is 12.4 Å². The third-order valence-corrected chi connectivity index (χ3v) is 2.06. The highest BCUT2D eigenvalue weighted by Gasteiger charge is 2.02. The Hall–Kier alpha value is -0.920. The maximum atomic E-state index is 13.0. The van der Waals surface area contributed by atoms with Crippen molar-refractivity contribution >= 4 is 5.71 Å². The molecule has 0 fully saturated rings. The van der Waals surface area contributed by atoms with Gasteiger partial charge in [0.2, 0.25) is 0 Å². The van der Waals surface area contributed by atoms with E-state index in [1.54, 1.807) is 12.2 Å². The van der Waals surface area contributed by atoms with Gasteiger partial charge in [0.1, 0.15) is 6.17 Å². The summed E-state index contributed by atoms with van der Waals surface area (Å²) in [7, 11) is 0. The van der Waals surface area contributed by atoms with Gasteiger partial charge in [-0.15, -0.1) is 6.58 Å². The molecule has 0 bridgehead atoms. The van der Waals surface area contributed by atoms with Gasteiger partial charge >= 0.3 is 0 Å². The summed E-state index contributed by atoms with van der Waals surface area (Å²) in [4.78, 5) is 4.46. The molecule has 0 heterocycles. The van der Waals surface area contributed by atoms with Crippen LogP contribution in [-0.2, 0) is 0 Å². The average molecular weight is 211 g/mol. The molecule has 0 rings (SSSR count). The smallest absolute Gasteiger partial charge is 0.122 e. The maximum absolute atomic E-state index is 13.0. The molecular weight excluding hydrogens is 189 g/mol. The third-order valence-electron chi connectivity index (χ3n) is 2.06. The van der Waals surface area contributed by atoms with E-state index in [0.717, 1.165) is 18.6 Å². The van der Waals surface area contributed by atoms with Crippen molar-refractivity contribution in [2.24, 2.45) is 4.99 Å². The van der Waals surface area contributed by atoms with E-state index in [1.807, 2.05) is 19.9 Å². The lowest BCUT2D eigenvalue weighted by Crippen LogP contribution is -2.03. The van der Waals surface area contributed by atoms with Crippen LogP contribution in [0.3, 0.4) is 0 Å². The van der Waals surface area contributed by atoms with Crippen molar-refractivity contribution in [2.75, 3.05) is 0 Å². The second-order valence-electron chi connectivity index (χ2n) is 3.84. The van der Waals surface area contributed by atoms with Crippen LogP contribution in [0.25, 0.3) is 0 Å². The van der Waals surface area contributed by atoms with Crippen LogP contribution in [0.1, 0.15) is 40.0 Å². The molecule has 86 valence electrons. The predicted molar refractivity (Wildman–Crippen MR) is 66.3 cm³/mol. The molecule has 1 nitrogen and oxygen atoms in total. The van der Waals surface area contributed by atoms with E-state index in [0.29, 0.717) is 12.5 Å². The van der Waals surface area contributed by atoms with Crippen LogP contribution < -0.4 is 0 Å². The van der Waals surface area contributed by atoms with Crippen LogP contribution in [0.2, 0.25) is 0 Å². The summed E-state index contributed by atoms with van der Waals surface area (Å²) in [5.74, 6) is 0. The Kier molecular flexibility index (Phi) is 7.88. The molecule has 0 aliphatic carbocycles. The molecule has 2 heteroatoms. The van der Waals surface area contributed by atoms with Gasteiger partial charge in [-0.3, -0.25) is 4.99 Å². The number of halogens is 1.